The molecular weight excluding hydrogens is 284 g/mol. The number of amides is 1. The van der Waals surface area contributed by atoms with Crippen LogP contribution in [0.25, 0.3) is 0 Å². The number of carbonyl (C=O) groups excluding carboxylic acids is 2. The van der Waals surface area contributed by atoms with Crippen LogP contribution in [0.4, 0.5) is 5.82 Å². The van der Waals surface area contributed by atoms with Gasteiger partial charge in [0.2, 0.25) is 0 Å². The van der Waals surface area contributed by atoms with Gasteiger partial charge in [-0.15, -0.1) is 0 Å². The predicted molar refractivity (Wildman–Crippen MR) is 80.7 cm³/mol. The predicted octanol–water partition coefficient (Wildman–Crippen LogP) is 2.90. The highest BCUT2D eigenvalue weighted by Gasteiger charge is 2.12. The van der Waals surface area contributed by atoms with Crippen LogP contribution >= 0.6 is 0 Å². The normalized spacial score (nSPS) is 10.5. The van der Waals surface area contributed by atoms with Crippen LogP contribution in [0.3, 0.4) is 0 Å². The summed E-state index contributed by atoms with van der Waals surface area (Å²) < 4.78 is 9.78. The lowest BCUT2D eigenvalue weighted by Crippen LogP contribution is -2.21. The minimum Gasteiger partial charge on any atom is -0.452 e. The number of benzene rings is 1. The molecule has 116 valence electrons. The SMILES string of the molecule is Cc1cc(NC(=O)COC(=O)c2ccc(C(C)C)cc2)no1. The van der Waals surface area contributed by atoms with E-state index in [9.17, 15) is 9.59 Å². The fraction of sp³-hybridized carbons (Fsp3) is 0.312. The van der Waals surface area contributed by atoms with E-state index < -0.39 is 11.9 Å². The third-order valence-corrected chi connectivity index (χ3v) is 3.04. The fourth-order valence-electron chi connectivity index (χ4n) is 1.82. The summed E-state index contributed by atoms with van der Waals surface area (Å²) in [6.07, 6.45) is 0. The van der Waals surface area contributed by atoms with Crippen LogP contribution in [-0.2, 0) is 9.53 Å². The highest BCUT2D eigenvalue weighted by atomic mass is 16.5. The number of anilines is 1. The Kier molecular flexibility index (Phi) is 4.93. The van der Waals surface area contributed by atoms with Crippen LogP contribution in [0.1, 0.15) is 41.4 Å². The van der Waals surface area contributed by atoms with Crippen LogP contribution in [0.2, 0.25) is 0 Å². The third-order valence-electron chi connectivity index (χ3n) is 3.04. The molecule has 0 radical (unpaired) electrons. The van der Waals surface area contributed by atoms with Gasteiger partial charge in [-0.25, -0.2) is 4.79 Å². The lowest BCUT2D eigenvalue weighted by molar-refractivity contribution is -0.119. The number of rotatable bonds is 5. The molecule has 0 unspecified atom stereocenters. The van der Waals surface area contributed by atoms with Crippen molar-refractivity contribution in [3.8, 4) is 0 Å². The highest BCUT2D eigenvalue weighted by molar-refractivity contribution is 5.95. The molecule has 1 amide bonds. The maximum absolute atomic E-state index is 11.9. The Morgan fingerprint density at radius 3 is 2.50 bits per heavy atom. The maximum Gasteiger partial charge on any atom is 0.338 e. The molecule has 0 atom stereocenters. The Morgan fingerprint density at radius 2 is 1.95 bits per heavy atom. The molecule has 0 fully saturated rings. The number of nitrogens with one attached hydrogen (secondary N) is 1. The van der Waals surface area contributed by atoms with Gasteiger partial charge in [0, 0.05) is 6.07 Å². The van der Waals surface area contributed by atoms with Gasteiger partial charge in [-0.2, -0.15) is 0 Å². The Hall–Kier alpha value is -2.63. The topological polar surface area (TPSA) is 81.4 Å². The highest BCUT2D eigenvalue weighted by Crippen LogP contribution is 2.15. The zero-order valence-corrected chi connectivity index (χ0v) is 12.8. The van der Waals surface area contributed by atoms with Crippen molar-refractivity contribution in [2.45, 2.75) is 26.7 Å². The van der Waals surface area contributed by atoms with Gasteiger partial charge in [0.05, 0.1) is 5.56 Å². The molecule has 6 nitrogen and oxygen atoms in total. The summed E-state index contributed by atoms with van der Waals surface area (Å²) in [7, 11) is 0. The van der Waals surface area contributed by atoms with Gasteiger partial charge in [0.25, 0.3) is 5.91 Å². The van der Waals surface area contributed by atoms with Gasteiger partial charge < -0.3 is 14.6 Å². The molecule has 0 saturated carbocycles. The average molecular weight is 302 g/mol. The summed E-state index contributed by atoms with van der Waals surface area (Å²) in [5, 5.41) is 6.09. The van der Waals surface area contributed by atoms with Crippen molar-refractivity contribution < 1.29 is 18.8 Å². The van der Waals surface area contributed by atoms with Gasteiger partial charge in [0.15, 0.2) is 12.4 Å². The lowest BCUT2D eigenvalue weighted by Gasteiger charge is -2.07. The molecule has 0 spiro atoms. The minimum atomic E-state index is -0.540. The largest absolute Gasteiger partial charge is 0.452 e. The Morgan fingerprint density at radius 1 is 1.27 bits per heavy atom. The standard InChI is InChI=1S/C16H18N2O4/c1-10(2)12-4-6-13(7-5-12)16(20)21-9-15(19)17-14-8-11(3)22-18-14/h4-8,10H,9H2,1-3H3,(H,17,18,19). The summed E-state index contributed by atoms with van der Waals surface area (Å²) in [5.41, 5.74) is 1.55. The Bertz CT molecular complexity index is 659. The molecule has 2 rings (SSSR count). The summed E-state index contributed by atoms with van der Waals surface area (Å²) in [4.78, 5) is 23.5. The summed E-state index contributed by atoms with van der Waals surface area (Å²) in [6, 6.07) is 8.70. The van der Waals surface area contributed by atoms with Crippen molar-refractivity contribution in [1.82, 2.24) is 5.16 Å². The number of esters is 1. The first kappa shape index (κ1) is 15.8. The number of hydrogen-bond donors (Lipinski definition) is 1. The molecule has 6 heteroatoms. The maximum atomic E-state index is 11.9. The quantitative estimate of drug-likeness (QED) is 0.859. The molecule has 0 aliphatic carbocycles. The fourth-order valence-corrected chi connectivity index (χ4v) is 1.82. The van der Waals surface area contributed by atoms with E-state index in [0.717, 1.165) is 5.56 Å². The first-order valence-electron chi connectivity index (χ1n) is 6.96. The molecule has 0 bridgehead atoms. The van der Waals surface area contributed by atoms with E-state index >= 15 is 0 Å². The molecule has 1 heterocycles. The average Bonchev–Trinajstić information content (AvgIpc) is 2.90. The van der Waals surface area contributed by atoms with Crippen LogP contribution < -0.4 is 5.32 Å². The monoisotopic (exact) mass is 302 g/mol. The summed E-state index contributed by atoms with van der Waals surface area (Å²) in [6.45, 7) is 5.48. The number of aryl methyl sites for hydroxylation is 1. The molecule has 0 aliphatic heterocycles. The zero-order chi connectivity index (χ0) is 16.1. The number of carbonyl (C=O) groups is 2. The van der Waals surface area contributed by atoms with Crippen LogP contribution in [0.5, 0.6) is 0 Å². The first-order chi connectivity index (χ1) is 10.5. The van der Waals surface area contributed by atoms with Gasteiger partial charge in [-0.1, -0.05) is 31.1 Å². The van der Waals surface area contributed by atoms with E-state index in [4.69, 9.17) is 9.26 Å². The third kappa shape index (κ3) is 4.18. The van der Waals surface area contributed by atoms with Gasteiger partial charge in [0.1, 0.15) is 5.76 Å². The van der Waals surface area contributed by atoms with Crippen molar-refractivity contribution >= 4 is 17.7 Å². The Balaban J connectivity index is 1.85. The van der Waals surface area contributed by atoms with E-state index in [-0.39, 0.29) is 6.61 Å². The molecule has 22 heavy (non-hydrogen) atoms. The number of ether oxygens (including phenoxy) is 1. The van der Waals surface area contributed by atoms with Gasteiger partial charge in [-0.05, 0) is 30.5 Å². The van der Waals surface area contributed by atoms with Crippen molar-refractivity contribution in [2.24, 2.45) is 0 Å². The van der Waals surface area contributed by atoms with Crippen molar-refractivity contribution in [3.63, 3.8) is 0 Å². The number of nitrogens with zero attached hydrogens (tertiary/aromatic N) is 1. The molecule has 0 aliphatic rings. The molecule has 2 aromatic rings. The second-order valence-corrected chi connectivity index (χ2v) is 5.22. The minimum absolute atomic E-state index is 0.292. The summed E-state index contributed by atoms with van der Waals surface area (Å²) >= 11 is 0. The second kappa shape index (κ2) is 6.89. The first-order valence-corrected chi connectivity index (χ1v) is 6.96. The molecular formula is C16H18N2O4. The molecule has 1 N–H and O–H groups in total. The van der Waals surface area contributed by atoms with E-state index in [0.29, 0.717) is 23.1 Å². The van der Waals surface area contributed by atoms with Crippen LogP contribution in [0, 0.1) is 6.92 Å². The van der Waals surface area contributed by atoms with Gasteiger partial charge >= 0.3 is 5.97 Å². The van der Waals surface area contributed by atoms with E-state index in [2.05, 4.69) is 24.3 Å². The molecule has 0 saturated heterocycles. The lowest BCUT2D eigenvalue weighted by atomic mass is 10.0. The van der Waals surface area contributed by atoms with Crippen LogP contribution in [-0.4, -0.2) is 23.6 Å². The number of hydrogen-bond acceptors (Lipinski definition) is 5. The van der Waals surface area contributed by atoms with Crippen molar-refractivity contribution in [3.05, 3.63) is 47.2 Å². The van der Waals surface area contributed by atoms with Crippen molar-refractivity contribution in [2.75, 3.05) is 11.9 Å². The number of aromatic nitrogens is 1. The summed E-state index contributed by atoms with van der Waals surface area (Å²) in [5.74, 6) is 0.251. The smallest absolute Gasteiger partial charge is 0.338 e. The molecule has 1 aromatic heterocycles. The molecule has 1 aromatic carbocycles. The van der Waals surface area contributed by atoms with Crippen molar-refractivity contribution in [1.29, 1.82) is 0 Å². The van der Waals surface area contributed by atoms with E-state index in [1.54, 1.807) is 25.1 Å². The second-order valence-electron chi connectivity index (χ2n) is 5.22. The van der Waals surface area contributed by atoms with Gasteiger partial charge in [-0.3, -0.25) is 4.79 Å². The van der Waals surface area contributed by atoms with E-state index in [1.807, 2.05) is 12.1 Å². The Labute approximate surface area is 128 Å². The zero-order valence-electron chi connectivity index (χ0n) is 12.8. The van der Waals surface area contributed by atoms with E-state index in [1.165, 1.54) is 0 Å². The van der Waals surface area contributed by atoms with Crippen LogP contribution in [0.15, 0.2) is 34.9 Å².